The molecule has 2 N–H and O–H groups in total. The number of aryl methyl sites for hydroxylation is 2. The van der Waals surface area contributed by atoms with E-state index in [1.54, 1.807) is 20.8 Å². The van der Waals surface area contributed by atoms with Gasteiger partial charge in [0.15, 0.2) is 0 Å². The number of aliphatic hydroxyl groups is 2. The number of ether oxygens (including phenoxy) is 1. The number of methoxy groups -OCH3 is 1. The van der Waals surface area contributed by atoms with Crippen LogP contribution in [0.25, 0.3) is 22.0 Å². The summed E-state index contributed by atoms with van der Waals surface area (Å²) in [5.74, 6) is 0.728. The van der Waals surface area contributed by atoms with Gasteiger partial charge in [-0.15, -0.1) is 0 Å². The van der Waals surface area contributed by atoms with Gasteiger partial charge in [-0.05, 0) is 88.3 Å². The highest BCUT2D eigenvalue weighted by Gasteiger charge is 2.29. The van der Waals surface area contributed by atoms with Crippen LogP contribution in [0, 0.1) is 20.8 Å². The molecule has 0 fully saturated rings. The standard InChI is InChI=1S/C27H30N4O.C4H10O.C2H4O2.C2H6/c1-5-22-19(4)25-26-23(24(22)21-8-6-17(2)7-9-21)14-18(3)30(26)11-12-31(25)27-28-15-20(10-13-32)16-29-27;1-4(2,3)5;1-4-2-3;1-2/h6-9,14-16,32H,5,10-13H2,1-4H3;5H,1-3H3;2H,1H3;1-2H3. The predicted octanol–water partition coefficient (Wildman–Crippen LogP) is 6.87. The summed E-state index contributed by atoms with van der Waals surface area (Å²) < 4.78 is 6.31. The fourth-order valence-electron chi connectivity index (χ4n) is 5.16. The van der Waals surface area contributed by atoms with Gasteiger partial charge in [-0.2, -0.15) is 0 Å². The molecule has 0 bridgehead atoms. The highest BCUT2D eigenvalue weighted by Crippen LogP contribution is 2.46. The van der Waals surface area contributed by atoms with Crippen molar-refractivity contribution in [2.45, 2.75) is 87.3 Å². The van der Waals surface area contributed by atoms with E-state index in [1.807, 2.05) is 26.2 Å². The summed E-state index contributed by atoms with van der Waals surface area (Å²) in [6, 6.07) is 11.3. The highest BCUT2D eigenvalue weighted by atomic mass is 16.5. The van der Waals surface area contributed by atoms with Gasteiger partial charge in [0.25, 0.3) is 6.47 Å². The van der Waals surface area contributed by atoms with Gasteiger partial charge < -0.3 is 24.4 Å². The number of aliphatic hydroxyl groups excluding tert-OH is 1. The highest BCUT2D eigenvalue weighted by molar-refractivity contribution is 6.07. The molecule has 4 aromatic rings. The molecule has 1 aliphatic heterocycles. The summed E-state index contributed by atoms with van der Waals surface area (Å²) in [5.41, 5.74) is 10.9. The summed E-state index contributed by atoms with van der Waals surface area (Å²) in [6.07, 6.45) is 5.22. The Morgan fingerprint density at radius 2 is 1.58 bits per heavy atom. The first-order valence-electron chi connectivity index (χ1n) is 15.1. The number of hydrogen-bond donors (Lipinski definition) is 2. The summed E-state index contributed by atoms with van der Waals surface area (Å²) in [4.78, 5) is 20.6. The summed E-state index contributed by atoms with van der Waals surface area (Å²) >= 11 is 0. The number of aromatic nitrogens is 3. The Hall–Kier alpha value is -3.75. The van der Waals surface area contributed by atoms with Crippen LogP contribution in [0.5, 0.6) is 0 Å². The Balaban J connectivity index is 0.000000510. The zero-order valence-electron chi connectivity index (χ0n) is 27.7. The van der Waals surface area contributed by atoms with E-state index < -0.39 is 5.60 Å². The minimum atomic E-state index is -0.500. The van der Waals surface area contributed by atoms with E-state index in [2.05, 4.69) is 82.2 Å². The van der Waals surface area contributed by atoms with Crippen LogP contribution in [0.4, 0.5) is 11.6 Å². The molecule has 0 saturated heterocycles. The fraction of sp³-hybridized carbons (Fsp3) is 0.457. The van der Waals surface area contributed by atoms with E-state index >= 15 is 0 Å². The van der Waals surface area contributed by atoms with E-state index in [1.165, 1.54) is 57.2 Å². The molecule has 0 saturated carbocycles. The number of benzene rings is 2. The van der Waals surface area contributed by atoms with Crippen molar-refractivity contribution >= 4 is 29.0 Å². The van der Waals surface area contributed by atoms with Crippen molar-refractivity contribution in [3.63, 3.8) is 0 Å². The minimum absolute atomic E-state index is 0.110. The Labute approximate surface area is 257 Å². The van der Waals surface area contributed by atoms with Crippen LogP contribution in [0.2, 0.25) is 0 Å². The Kier molecular flexibility index (Phi) is 13.3. The molecule has 0 amide bonds. The number of hydrogen-bond acceptors (Lipinski definition) is 7. The zero-order chi connectivity index (χ0) is 32.3. The fourth-order valence-corrected chi connectivity index (χ4v) is 5.16. The topological polar surface area (TPSA) is 101 Å². The van der Waals surface area contributed by atoms with E-state index in [4.69, 9.17) is 9.90 Å². The molecular formula is C35H50N4O4. The smallest absolute Gasteiger partial charge is 0.292 e. The molecule has 5 rings (SSSR count). The quantitative estimate of drug-likeness (QED) is 0.237. The third kappa shape index (κ3) is 8.88. The Morgan fingerprint density at radius 3 is 2.07 bits per heavy atom. The third-order valence-corrected chi connectivity index (χ3v) is 6.85. The lowest BCUT2D eigenvalue weighted by molar-refractivity contribution is -0.126. The Bertz CT molecular complexity index is 1450. The second-order valence-corrected chi connectivity index (χ2v) is 11.3. The second-order valence-electron chi connectivity index (χ2n) is 11.3. The molecule has 1 aliphatic rings. The van der Waals surface area contributed by atoms with E-state index in [9.17, 15) is 5.11 Å². The van der Waals surface area contributed by atoms with Crippen LogP contribution in [-0.2, 0) is 28.9 Å². The van der Waals surface area contributed by atoms with Crippen molar-refractivity contribution in [2.24, 2.45) is 0 Å². The van der Waals surface area contributed by atoms with Gasteiger partial charge >= 0.3 is 0 Å². The molecule has 43 heavy (non-hydrogen) atoms. The Morgan fingerprint density at radius 1 is 1.02 bits per heavy atom. The summed E-state index contributed by atoms with van der Waals surface area (Å²) in [6.45, 7) is 20.3. The summed E-state index contributed by atoms with van der Waals surface area (Å²) in [5, 5.41) is 19.0. The van der Waals surface area contributed by atoms with Crippen molar-refractivity contribution in [1.82, 2.24) is 14.5 Å². The van der Waals surface area contributed by atoms with Gasteiger partial charge in [0, 0.05) is 43.2 Å². The van der Waals surface area contributed by atoms with Crippen LogP contribution in [0.1, 0.15) is 69.5 Å². The maximum absolute atomic E-state index is 9.21. The predicted molar refractivity (Wildman–Crippen MR) is 177 cm³/mol. The lowest BCUT2D eigenvalue weighted by Crippen LogP contribution is -2.30. The largest absolute Gasteiger partial charge is 0.471 e. The molecule has 0 unspecified atom stereocenters. The number of anilines is 2. The molecule has 0 radical (unpaired) electrons. The molecule has 8 heteroatoms. The molecule has 0 spiro atoms. The van der Waals surface area contributed by atoms with Crippen molar-refractivity contribution in [1.29, 1.82) is 0 Å². The van der Waals surface area contributed by atoms with Crippen LogP contribution < -0.4 is 4.90 Å². The van der Waals surface area contributed by atoms with Gasteiger partial charge in [-0.25, -0.2) is 9.97 Å². The van der Waals surface area contributed by atoms with Gasteiger partial charge in [0.05, 0.1) is 23.9 Å². The molecule has 3 heterocycles. The monoisotopic (exact) mass is 590 g/mol. The van der Waals surface area contributed by atoms with Gasteiger partial charge in [0.1, 0.15) is 0 Å². The molecular weight excluding hydrogens is 540 g/mol. The van der Waals surface area contributed by atoms with Crippen LogP contribution >= 0.6 is 0 Å². The van der Waals surface area contributed by atoms with Crippen LogP contribution in [0.15, 0.2) is 42.7 Å². The van der Waals surface area contributed by atoms with Crippen LogP contribution in [0.3, 0.4) is 0 Å². The lowest BCUT2D eigenvalue weighted by atomic mass is 9.89. The van der Waals surface area contributed by atoms with E-state index in [-0.39, 0.29) is 6.61 Å². The number of carbonyl (C=O) groups excluding carboxylic acids is 1. The molecule has 0 atom stereocenters. The zero-order valence-corrected chi connectivity index (χ0v) is 27.7. The van der Waals surface area contributed by atoms with Gasteiger partial charge in [-0.3, -0.25) is 4.79 Å². The SMILES string of the molecule is CC.CC(C)(C)O.CCc1c(C)c2c3c(cc(C)n3CCN2c2ncc(CCO)cn2)c1-c1ccc(C)cc1.COC=O. The maximum atomic E-state index is 9.21. The number of rotatable bonds is 6. The minimum Gasteiger partial charge on any atom is -0.471 e. The van der Waals surface area contributed by atoms with Gasteiger partial charge in [0.2, 0.25) is 5.95 Å². The normalized spacial score (nSPS) is 11.9. The van der Waals surface area contributed by atoms with Crippen molar-refractivity contribution in [2.75, 3.05) is 25.2 Å². The third-order valence-electron chi connectivity index (χ3n) is 6.85. The summed E-state index contributed by atoms with van der Waals surface area (Å²) in [7, 11) is 1.31. The average Bonchev–Trinajstić information content (AvgIpc) is 3.32. The van der Waals surface area contributed by atoms with E-state index in [0.29, 0.717) is 12.9 Å². The molecule has 0 aliphatic carbocycles. The first kappa shape index (κ1) is 35.4. The average molecular weight is 591 g/mol. The number of carbonyl (C=O) groups is 1. The number of nitrogens with zero attached hydrogens (tertiary/aromatic N) is 4. The van der Waals surface area contributed by atoms with E-state index in [0.717, 1.165) is 31.0 Å². The molecule has 234 valence electrons. The van der Waals surface area contributed by atoms with Gasteiger partial charge in [-0.1, -0.05) is 50.6 Å². The van der Waals surface area contributed by atoms with Crippen molar-refractivity contribution in [3.05, 3.63) is 70.7 Å². The van der Waals surface area contributed by atoms with Crippen LogP contribution in [-0.4, -0.2) is 57.1 Å². The molecule has 2 aromatic heterocycles. The lowest BCUT2D eigenvalue weighted by Gasteiger charge is -2.33. The molecule has 8 nitrogen and oxygen atoms in total. The first-order valence-corrected chi connectivity index (χ1v) is 15.1. The van der Waals surface area contributed by atoms with Crippen molar-refractivity contribution in [3.8, 4) is 11.1 Å². The first-order chi connectivity index (χ1) is 20.4. The molecule has 2 aromatic carbocycles. The van der Waals surface area contributed by atoms with Crippen molar-refractivity contribution < 1.29 is 19.7 Å². The maximum Gasteiger partial charge on any atom is 0.292 e. The second kappa shape index (κ2) is 16.2.